The van der Waals surface area contributed by atoms with Crippen LogP contribution in [0, 0.1) is 20.8 Å². The molecule has 2 aliphatic rings. The SMILES string of the molecule is Cc1nc(CN2CCC(c3cc(-c4c(C)nn(C)c4C)n[nH]3)CC2)nc2c1CCOC2. The van der Waals surface area contributed by atoms with E-state index < -0.39 is 0 Å². The molecular formula is C23H31N7O. The number of ether oxygens (including phenoxy) is 1. The molecule has 5 rings (SSSR count). The van der Waals surface area contributed by atoms with Gasteiger partial charge in [-0.3, -0.25) is 14.7 Å². The Kier molecular flexibility index (Phi) is 5.35. The molecule has 31 heavy (non-hydrogen) atoms. The van der Waals surface area contributed by atoms with Gasteiger partial charge in [0, 0.05) is 35.6 Å². The molecule has 1 saturated heterocycles. The largest absolute Gasteiger partial charge is 0.375 e. The van der Waals surface area contributed by atoms with E-state index in [1.54, 1.807) is 0 Å². The summed E-state index contributed by atoms with van der Waals surface area (Å²) in [6, 6.07) is 2.22. The molecule has 164 valence electrons. The summed E-state index contributed by atoms with van der Waals surface area (Å²) in [4.78, 5) is 12.0. The van der Waals surface area contributed by atoms with Crippen LogP contribution in [0.2, 0.25) is 0 Å². The van der Waals surface area contributed by atoms with Crippen LogP contribution in [0.25, 0.3) is 11.3 Å². The third kappa shape index (κ3) is 3.90. The maximum Gasteiger partial charge on any atom is 0.142 e. The summed E-state index contributed by atoms with van der Waals surface area (Å²) in [5.74, 6) is 1.43. The highest BCUT2D eigenvalue weighted by Crippen LogP contribution is 2.31. The van der Waals surface area contributed by atoms with Gasteiger partial charge in [0.15, 0.2) is 0 Å². The maximum absolute atomic E-state index is 5.59. The van der Waals surface area contributed by atoms with Crippen LogP contribution in [0.1, 0.15) is 58.6 Å². The first kappa shape index (κ1) is 20.3. The third-order valence-electron chi connectivity index (χ3n) is 6.84. The average molecular weight is 422 g/mol. The van der Waals surface area contributed by atoms with Crippen molar-refractivity contribution < 1.29 is 4.74 Å². The fourth-order valence-corrected chi connectivity index (χ4v) is 5.00. The average Bonchev–Trinajstić information content (AvgIpc) is 3.33. The number of aromatic amines is 1. The number of hydrogen-bond acceptors (Lipinski definition) is 6. The van der Waals surface area contributed by atoms with E-state index in [0.29, 0.717) is 12.5 Å². The van der Waals surface area contributed by atoms with Gasteiger partial charge in [0.1, 0.15) is 5.82 Å². The summed E-state index contributed by atoms with van der Waals surface area (Å²) in [5.41, 5.74) is 9.03. The molecule has 5 heterocycles. The van der Waals surface area contributed by atoms with E-state index in [9.17, 15) is 0 Å². The lowest BCUT2D eigenvalue weighted by Gasteiger charge is -2.31. The first-order valence-corrected chi connectivity index (χ1v) is 11.2. The zero-order chi connectivity index (χ0) is 21.5. The minimum Gasteiger partial charge on any atom is -0.375 e. The van der Waals surface area contributed by atoms with Crippen molar-refractivity contribution in [2.75, 3.05) is 19.7 Å². The van der Waals surface area contributed by atoms with Crippen molar-refractivity contribution in [1.82, 2.24) is 34.8 Å². The topological polar surface area (TPSA) is 84.8 Å². The fraction of sp³-hybridized carbons (Fsp3) is 0.565. The van der Waals surface area contributed by atoms with Gasteiger partial charge in [-0.05, 0) is 64.8 Å². The Morgan fingerprint density at radius 3 is 2.68 bits per heavy atom. The summed E-state index contributed by atoms with van der Waals surface area (Å²) >= 11 is 0. The number of aromatic nitrogens is 6. The molecule has 0 saturated carbocycles. The van der Waals surface area contributed by atoms with E-state index in [4.69, 9.17) is 14.7 Å². The summed E-state index contributed by atoms with van der Waals surface area (Å²) < 4.78 is 7.52. The molecule has 8 heteroatoms. The third-order valence-corrected chi connectivity index (χ3v) is 6.84. The van der Waals surface area contributed by atoms with Gasteiger partial charge in [-0.15, -0.1) is 0 Å². The minimum absolute atomic E-state index is 0.509. The van der Waals surface area contributed by atoms with Gasteiger partial charge in [0.05, 0.1) is 36.8 Å². The molecule has 0 unspecified atom stereocenters. The van der Waals surface area contributed by atoms with Gasteiger partial charge in [0.25, 0.3) is 0 Å². The Labute approximate surface area is 183 Å². The highest BCUT2D eigenvalue weighted by molar-refractivity contribution is 5.65. The summed E-state index contributed by atoms with van der Waals surface area (Å²) in [5, 5.41) is 12.4. The van der Waals surface area contributed by atoms with E-state index in [-0.39, 0.29) is 0 Å². The highest BCUT2D eigenvalue weighted by atomic mass is 16.5. The Hall–Kier alpha value is -2.58. The molecule has 1 N–H and O–H groups in total. The Bertz CT molecular complexity index is 1090. The van der Waals surface area contributed by atoms with Gasteiger partial charge < -0.3 is 4.74 Å². The number of H-pyrrole nitrogens is 1. The summed E-state index contributed by atoms with van der Waals surface area (Å²) in [6.07, 6.45) is 3.15. The number of aryl methyl sites for hydroxylation is 3. The molecule has 8 nitrogen and oxygen atoms in total. The molecule has 3 aromatic rings. The van der Waals surface area contributed by atoms with E-state index in [1.165, 1.54) is 11.3 Å². The molecule has 2 aliphatic heterocycles. The van der Waals surface area contributed by atoms with Crippen molar-refractivity contribution in [3.05, 3.63) is 45.9 Å². The zero-order valence-corrected chi connectivity index (χ0v) is 18.9. The first-order chi connectivity index (χ1) is 15.0. The summed E-state index contributed by atoms with van der Waals surface area (Å²) in [7, 11) is 1.98. The van der Waals surface area contributed by atoms with E-state index in [0.717, 1.165) is 85.4 Å². The summed E-state index contributed by atoms with van der Waals surface area (Å²) in [6.45, 7) is 10.5. The number of hydrogen-bond donors (Lipinski definition) is 1. The van der Waals surface area contributed by atoms with Gasteiger partial charge >= 0.3 is 0 Å². The van der Waals surface area contributed by atoms with Crippen LogP contribution in [0.3, 0.4) is 0 Å². The van der Waals surface area contributed by atoms with E-state index in [1.807, 2.05) is 18.7 Å². The molecule has 0 bridgehead atoms. The zero-order valence-electron chi connectivity index (χ0n) is 18.9. The van der Waals surface area contributed by atoms with Gasteiger partial charge in [0.2, 0.25) is 0 Å². The molecule has 3 aromatic heterocycles. The second-order valence-corrected chi connectivity index (χ2v) is 8.88. The Balaban J connectivity index is 1.23. The number of piperidine rings is 1. The van der Waals surface area contributed by atoms with E-state index >= 15 is 0 Å². The number of fused-ring (bicyclic) bond motifs is 1. The Morgan fingerprint density at radius 2 is 1.94 bits per heavy atom. The molecular weight excluding hydrogens is 390 g/mol. The first-order valence-electron chi connectivity index (χ1n) is 11.2. The fourth-order valence-electron chi connectivity index (χ4n) is 5.00. The highest BCUT2D eigenvalue weighted by Gasteiger charge is 2.25. The van der Waals surface area contributed by atoms with Crippen molar-refractivity contribution in [2.45, 2.75) is 59.1 Å². The molecule has 0 aliphatic carbocycles. The predicted octanol–water partition coefficient (Wildman–Crippen LogP) is 2.98. The van der Waals surface area contributed by atoms with Crippen LogP contribution in [0.4, 0.5) is 0 Å². The lowest BCUT2D eigenvalue weighted by atomic mass is 9.93. The monoisotopic (exact) mass is 421 g/mol. The number of nitrogens with one attached hydrogen (secondary N) is 1. The molecule has 0 amide bonds. The minimum atomic E-state index is 0.509. The lowest BCUT2D eigenvalue weighted by Crippen LogP contribution is -2.33. The van der Waals surface area contributed by atoms with Gasteiger partial charge in [-0.2, -0.15) is 10.2 Å². The Morgan fingerprint density at radius 1 is 1.13 bits per heavy atom. The van der Waals surface area contributed by atoms with Crippen LogP contribution in [-0.2, 0) is 31.4 Å². The van der Waals surface area contributed by atoms with Crippen LogP contribution in [0.15, 0.2) is 6.07 Å². The van der Waals surface area contributed by atoms with Crippen LogP contribution < -0.4 is 0 Å². The molecule has 1 fully saturated rings. The van der Waals surface area contributed by atoms with Crippen molar-refractivity contribution in [3.63, 3.8) is 0 Å². The quantitative estimate of drug-likeness (QED) is 0.697. The normalized spacial score (nSPS) is 17.8. The molecule has 0 atom stereocenters. The van der Waals surface area contributed by atoms with Gasteiger partial charge in [-0.25, -0.2) is 9.97 Å². The molecule has 0 radical (unpaired) electrons. The lowest BCUT2D eigenvalue weighted by molar-refractivity contribution is 0.106. The number of likely N-dealkylation sites (tertiary alicyclic amines) is 1. The van der Waals surface area contributed by atoms with Crippen molar-refractivity contribution in [3.8, 4) is 11.3 Å². The van der Waals surface area contributed by atoms with Crippen LogP contribution >= 0.6 is 0 Å². The van der Waals surface area contributed by atoms with Crippen LogP contribution in [0.5, 0.6) is 0 Å². The van der Waals surface area contributed by atoms with E-state index in [2.05, 4.69) is 40.1 Å². The second-order valence-electron chi connectivity index (χ2n) is 8.88. The standard InChI is InChI=1S/C23H31N7O/c1-14-18-7-10-31-13-21(18)25-22(24-14)12-30-8-5-17(6-9-30)19-11-20(27-26-19)23-15(2)28-29(4)16(23)3/h11,17H,5-10,12-13H2,1-4H3,(H,26,27). The molecule has 0 aromatic carbocycles. The van der Waals surface area contributed by atoms with Gasteiger partial charge in [-0.1, -0.05) is 0 Å². The predicted molar refractivity (Wildman–Crippen MR) is 118 cm³/mol. The van der Waals surface area contributed by atoms with Crippen molar-refractivity contribution in [2.24, 2.45) is 7.05 Å². The smallest absolute Gasteiger partial charge is 0.142 e. The second kappa shape index (κ2) is 8.16. The maximum atomic E-state index is 5.59. The molecule has 0 spiro atoms. The van der Waals surface area contributed by atoms with Crippen LogP contribution in [-0.4, -0.2) is 54.5 Å². The number of rotatable bonds is 4. The van der Waals surface area contributed by atoms with Crippen molar-refractivity contribution >= 4 is 0 Å². The number of nitrogens with zero attached hydrogens (tertiary/aromatic N) is 6. The van der Waals surface area contributed by atoms with Crippen molar-refractivity contribution in [1.29, 1.82) is 0 Å².